The zero-order valence-corrected chi connectivity index (χ0v) is 12.5. The Hall–Kier alpha value is -0.241. The monoisotopic (exact) mass is 296 g/mol. The summed E-state index contributed by atoms with van der Waals surface area (Å²) in [7, 11) is 0. The van der Waals surface area contributed by atoms with Gasteiger partial charge in [0.1, 0.15) is 0 Å². The standard InChI is InChI=1S/C10H11.3CH3.Sn/c1-2-3-7-10-8-5-4-6-9-10;;;;/h2-9H,1H3;3*1H3;/b7-3+;;;;. The SMILES string of the molecule is C[CH](/C=C/c1ccccc1)[Sn]([CH3])([CH3])[CH3]. The van der Waals surface area contributed by atoms with E-state index in [1.165, 1.54) is 5.56 Å². The fourth-order valence-corrected chi connectivity index (χ4v) is 3.03. The number of rotatable bonds is 3. The van der Waals surface area contributed by atoms with E-state index in [9.17, 15) is 0 Å². The molecule has 0 aromatic heterocycles. The third-order valence-corrected chi connectivity index (χ3v) is 11.1. The number of hydrogen-bond donors (Lipinski definition) is 0. The first kappa shape index (κ1) is 11.8. The summed E-state index contributed by atoms with van der Waals surface area (Å²) in [5.74, 6) is 0. The maximum atomic E-state index is 2.48. The molecule has 1 atom stereocenters. The van der Waals surface area contributed by atoms with Crippen molar-refractivity contribution in [3.63, 3.8) is 0 Å². The molecule has 0 saturated heterocycles. The minimum atomic E-state index is -1.69. The van der Waals surface area contributed by atoms with E-state index >= 15 is 0 Å². The van der Waals surface area contributed by atoms with Crippen LogP contribution >= 0.6 is 0 Å². The molecule has 1 aromatic rings. The molecule has 1 heteroatoms. The summed E-state index contributed by atoms with van der Waals surface area (Å²) in [6.45, 7) is 2.36. The van der Waals surface area contributed by atoms with Gasteiger partial charge in [-0.2, -0.15) is 0 Å². The van der Waals surface area contributed by atoms with Gasteiger partial charge >= 0.3 is 92.1 Å². The molecule has 0 N–H and O–H groups in total. The molecule has 1 rings (SSSR count). The molecule has 0 aliphatic heterocycles. The molecular weight excluding hydrogens is 275 g/mol. The van der Waals surface area contributed by atoms with E-state index in [0.29, 0.717) is 0 Å². The molecule has 0 heterocycles. The zero-order valence-electron chi connectivity index (χ0n) is 9.62. The fourth-order valence-electron chi connectivity index (χ4n) is 1.11. The Balaban J connectivity index is 2.66. The van der Waals surface area contributed by atoms with E-state index in [4.69, 9.17) is 0 Å². The molecular formula is C13H20Sn. The van der Waals surface area contributed by atoms with Crippen LogP contribution in [0.1, 0.15) is 12.5 Å². The predicted octanol–water partition coefficient (Wildman–Crippen LogP) is 4.43. The molecule has 1 unspecified atom stereocenters. The molecule has 0 spiro atoms. The van der Waals surface area contributed by atoms with Gasteiger partial charge < -0.3 is 0 Å². The second-order valence-electron chi connectivity index (χ2n) is 4.92. The Morgan fingerprint density at radius 1 is 1.07 bits per heavy atom. The quantitative estimate of drug-likeness (QED) is 0.724. The predicted molar refractivity (Wildman–Crippen MR) is 68.2 cm³/mol. The summed E-state index contributed by atoms with van der Waals surface area (Å²) in [6, 6.07) is 10.5. The maximum absolute atomic E-state index is 2.48. The second-order valence-corrected chi connectivity index (χ2v) is 21.0. The van der Waals surface area contributed by atoms with E-state index in [1.54, 1.807) is 0 Å². The van der Waals surface area contributed by atoms with Crippen LogP contribution in [0.2, 0.25) is 18.8 Å². The van der Waals surface area contributed by atoms with Gasteiger partial charge in [-0.3, -0.25) is 0 Å². The Kier molecular flexibility index (Phi) is 4.24. The van der Waals surface area contributed by atoms with Gasteiger partial charge in [0, 0.05) is 0 Å². The van der Waals surface area contributed by atoms with Crippen LogP contribution in [0.3, 0.4) is 0 Å². The van der Waals surface area contributed by atoms with Crippen molar-refractivity contribution in [2.24, 2.45) is 0 Å². The topological polar surface area (TPSA) is 0 Å². The van der Waals surface area contributed by atoms with Crippen LogP contribution in [0.4, 0.5) is 0 Å². The van der Waals surface area contributed by atoms with E-state index in [1.807, 2.05) is 0 Å². The van der Waals surface area contributed by atoms with Gasteiger partial charge in [-0.1, -0.05) is 0 Å². The molecule has 0 radical (unpaired) electrons. The van der Waals surface area contributed by atoms with E-state index in [2.05, 4.69) is 64.2 Å². The Morgan fingerprint density at radius 3 is 2.14 bits per heavy atom. The van der Waals surface area contributed by atoms with Crippen LogP contribution in [0.25, 0.3) is 6.08 Å². The average Bonchev–Trinajstić information content (AvgIpc) is 2.14. The van der Waals surface area contributed by atoms with Crippen molar-refractivity contribution in [3.8, 4) is 0 Å². The van der Waals surface area contributed by atoms with Gasteiger partial charge in [0.2, 0.25) is 0 Å². The molecule has 0 bridgehead atoms. The molecule has 0 amide bonds. The molecule has 76 valence electrons. The van der Waals surface area contributed by atoms with Crippen LogP contribution in [-0.4, -0.2) is 18.4 Å². The first-order chi connectivity index (χ1) is 6.50. The third-order valence-electron chi connectivity index (χ3n) is 2.74. The van der Waals surface area contributed by atoms with Gasteiger partial charge in [-0.25, -0.2) is 0 Å². The van der Waals surface area contributed by atoms with Gasteiger partial charge in [-0.15, -0.1) is 0 Å². The summed E-state index contributed by atoms with van der Waals surface area (Å²) in [5, 5.41) is 0. The molecule has 1 aromatic carbocycles. The average molecular weight is 295 g/mol. The Bertz CT molecular complexity index is 293. The zero-order chi connectivity index (χ0) is 10.6. The third kappa shape index (κ3) is 3.87. The van der Waals surface area contributed by atoms with Crippen molar-refractivity contribution in [2.75, 3.05) is 0 Å². The van der Waals surface area contributed by atoms with Crippen molar-refractivity contribution in [1.82, 2.24) is 0 Å². The molecule has 0 aliphatic carbocycles. The van der Waals surface area contributed by atoms with Crippen molar-refractivity contribution < 1.29 is 0 Å². The van der Waals surface area contributed by atoms with Crippen LogP contribution in [-0.2, 0) is 0 Å². The van der Waals surface area contributed by atoms with Gasteiger partial charge in [0.25, 0.3) is 0 Å². The van der Waals surface area contributed by atoms with Crippen LogP contribution in [0.5, 0.6) is 0 Å². The molecule has 0 aliphatic rings. The van der Waals surface area contributed by atoms with Crippen molar-refractivity contribution >= 4 is 24.5 Å². The number of allylic oxidation sites excluding steroid dienone is 1. The fraction of sp³-hybridized carbons (Fsp3) is 0.385. The number of benzene rings is 1. The summed E-state index contributed by atoms with van der Waals surface area (Å²) >= 11 is -1.69. The van der Waals surface area contributed by atoms with Crippen molar-refractivity contribution in [1.29, 1.82) is 0 Å². The van der Waals surface area contributed by atoms with Gasteiger partial charge in [-0.05, 0) is 0 Å². The molecule has 0 fully saturated rings. The van der Waals surface area contributed by atoms with Crippen molar-refractivity contribution in [2.45, 2.75) is 25.7 Å². The Labute approximate surface area is 91.9 Å². The first-order valence-corrected chi connectivity index (χ1v) is 15.4. The number of hydrogen-bond acceptors (Lipinski definition) is 0. The molecule has 14 heavy (non-hydrogen) atoms. The Morgan fingerprint density at radius 2 is 1.64 bits per heavy atom. The summed E-state index contributed by atoms with van der Waals surface area (Å²) in [6.07, 6.45) is 4.64. The van der Waals surface area contributed by atoms with Gasteiger partial charge in [0.15, 0.2) is 0 Å². The summed E-state index contributed by atoms with van der Waals surface area (Å²) < 4.78 is 0.810. The second kappa shape index (κ2) is 5.01. The van der Waals surface area contributed by atoms with E-state index in [0.717, 1.165) is 3.93 Å². The first-order valence-electron chi connectivity index (χ1n) is 5.23. The summed E-state index contributed by atoms with van der Waals surface area (Å²) in [4.78, 5) is 7.44. The van der Waals surface area contributed by atoms with Crippen LogP contribution < -0.4 is 0 Å². The van der Waals surface area contributed by atoms with Gasteiger partial charge in [0.05, 0.1) is 0 Å². The molecule has 0 nitrogen and oxygen atoms in total. The minimum absolute atomic E-state index is 0.810. The van der Waals surface area contributed by atoms with Crippen LogP contribution in [0.15, 0.2) is 36.4 Å². The van der Waals surface area contributed by atoms with E-state index in [-0.39, 0.29) is 0 Å². The summed E-state index contributed by atoms with van der Waals surface area (Å²) in [5.41, 5.74) is 1.31. The van der Waals surface area contributed by atoms with E-state index < -0.39 is 18.4 Å². The van der Waals surface area contributed by atoms with Crippen molar-refractivity contribution in [3.05, 3.63) is 42.0 Å². The molecule has 0 saturated carbocycles. The normalized spacial score (nSPS) is 14.6. The van der Waals surface area contributed by atoms with Crippen LogP contribution in [0, 0.1) is 0 Å².